The minimum atomic E-state index is -1.32. The molecule has 0 fully saturated rings. The predicted octanol–water partition coefficient (Wildman–Crippen LogP) is 2.53. The number of hydrogen-bond acceptors (Lipinski definition) is 13. The molecule has 0 aliphatic carbocycles. The van der Waals surface area contributed by atoms with Crippen molar-refractivity contribution in [1.82, 2.24) is 42.5 Å². The SMILES string of the molecule is CC[C@H](C)[C@H](NC(=O)[C@H](Cc1ccccc1)NC(=O)[C@H](CCCCN)NC(=O)[C@@H](NC(=O)[C@H](Cc1ccccc1)NC(=O)[C@H](CCCCN)NC(=O)[C@@H](NC(=O)[C@H](Cc1ccccc1)NC(=O)[C@@H](N)CCCCN)[C@@H](C)CC)[C@@H](C)CC)C(=O)O. The molecule has 0 bridgehead atoms. The summed E-state index contributed by atoms with van der Waals surface area (Å²) in [5, 5.41) is 32.5. The van der Waals surface area contributed by atoms with Gasteiger partial charge in [0.2, 0.25) is 47.3 Å². The van der Waals surface area contributed by atoms with E-state index in [1.165, 1.54) is 0 Å². The summed E-state index contributed by atoms with van der Waals surface area (Å²) in [7, 11) is 0. The molecule has 22 nitrogen and oxygen atoms in total. The van der Waals surface area contributed by atoms with Gasteiger partial charge in [-0.1, -0.05) is 158 Å². The highest BCUT2D eigenvalue weighted by molar-refractivity contribution is 5.98. The minimum Gasteiger partial charge on any atom is -0.480 e. The fourth-order valence-corrected chi connectivity index (χ4v) is 9.54. The van der Waals surface area contributed by atoms with Crippen molar-refractivity contribution < 1.29 is 48.3 Å². The summed E-state index contributed by atoms with van der Waals surface area (Å²) in [4.78, 5) is 127. The first-order chi connectivity index (χ1) is 40.7. The standard InChI is InChI=1S/C63H98N12O10/c1-7-40(4)52(73-58(79)49(37-43-25-13-10-14-26-43)70-55(76)46(67)31-19-22-34-64)61(82)68-47(32-20-23-35-65)56(77)71-50(38-44-27-15-11-16-28-44)59(80)74-53(41(5)8-2)62(83)69-48(33-21-24-36-66)57(78)72-51(39-45-29-17-12-18-30-45)60(81)75-54(63(84)85)42(6)9-3/h10-18,25-30,40-42,46-54H,7-9,19-24,31-39,64-67H2,1-6H3,(H,68,82)(H,69,83)(H,70,76)(H,71,77)(H,72,78)(H,73,79)(H,74,80)(H,75,81)(H,84,85)/t40-,41-,42-,46-,47-,48-,49-,50-,51-,52-,53-,54-/m0/s1. The van der Waals surface area contributed by atoms with Crippen molar-refractivity contribution in [1.29, 1.82) is 0 Å². The second-order valence-corrected chi connectivity index (χ2v) is 22.3. The topological polar surface area (TPSA) is 374 Å². The number of aliphatic carboxylic acids is 1. The van der Waals surface area contributed by atoms with Crippen LogP contribution in [0.25, 0.3) is 0 Å². The molecule has 0 spiro atoms. The minimum absolute atomic E-state index is 0.00455. The molecule has 3 aromatic carbocycles. The van der Waals surface area contributed by atoms with Crippen LogP contribution >= 0.6 is 0 Å². The van der Waals surface area contributed by atoms with Crippen LogP contribution in [-0.4, -0.2) is 132 Å². The van der Waals surface area contributed by atoms with Gasteiger partial charge in [-0.2, -0.15) is 0 Å². The summed E-state index contributed by atoms with van der Waals surface area (Å²) in [5.41, 5.74) is 25.7. The average molecular weight is 1180 g/mol. The van der Waals surface area contributed by atoms with Crippen LogP contribution in [0, 0.1) is 17.8 Å². The van der Waals surface area contributed by atoms with E-state index in [0.29, 0.717) is 95.0 Å². The highest BCUT2D eigenvalue weighted by atomic mass is 16.4. The third-order valence-electron chi connectivity index (χ3n) is 15.6. The highest BCUT2D eigenvalue weighted by Gasteiger charge is 2.37. The highest BCUT2D eigenvalue weighted by Crippen LogP contribution is 2.17. The monoisotopic (exact) mass is 1180 g/mol. The molecule has 0 saturated carbocycles. The van der Waals surface area contributed by atoms with Crippen molar-refractivity contribution in [2.75, 3.05) is 19.6 Å². The lowest BCUT2D eigenvalue weighted by Gasteiger charge is -2.30. The van der Waals surface area contributed by atoms with Crippen molar-refractivity contribution in [3.63, 3.8) is 0 Å². The van der Waals surface area contributed by atoms with Crippen LogP contribution in [0.15, 0.2) is 91.0 Å². The zero-order valence-electron chi connectivity index (χ0n) is 50.7. The average Bonchev–Trinajstić information content (AvgIpc) is 3.55. The number of unbranched alkanes of at least 4 members (excludes halogenated alkanes) is 3. The van der Waals surface area contributed by atoms with E-state index in [-0.39, 0.29) is 32.1 Å². The van der Waals surface area contributed by atoms with Crippen LogP contribution in [0.4, 0.5) is 0 Å². The van der Waals surface area contributed by atoms with Gasteiger partial charge in [-0.05, 0) is 105 Å². The summed E-state index contributed by atoms with van der Waals surface area (Å²) < 4.78 is 0. The van der Waals surface area contributed by atoms with E-state index in [9.17, 15) is 48.3 Å². The maximum atomic E-state index is 14.8. The molecular formula is C63H98N12O10. The Hall–Kier alpha value is -7.27. The molecule has 8 amide bonds. The Morgan fingerprint density at radius 1 is 0.365 bits per heavy atom. The largest absolute Gasteiger partial charge is 0.480 e. The second-order valence-electron chi connectivity index (χ2n) is 22.3. The van der Waals surface area contributed by atoms with Gasteiger partial charge in [0.25, 0.3) is 0 Å². The van der Waals surface area contributed by atoms with E-state index in [1.807, 2.05) is 44.2 Å². The van der Waals surface area contributed by atoms with Gasteiger partial charge >= 0.3 is 5.97 Å². The van der Waals surface area contributed by atoms with Gasteiger partial charge in [0.15, 0.2) is 0 Å². The van der Waals surface area contributed by atoms with E-state index in [4.69, 9.17) is 22.9 Å². The van der Waals surface area contributed by atoms with Gasteiger partial charge in [-0.15, -0.1) is 0 Å². The Morgan fingerprint density at radius 2 is 0.635 bits per heavy atom. The van der Waals surface area contributed by atoms with Crippen molar-refractivity contribution in [2.45, 2.75) is 192 Å². The van der Waals surface area contributed by atoms with Crippen LogP contribution in [0.5, 0.6) is 0 Å². The van der Waals surface area contributed by atoms with Crippen LogP contribution in [-0.2, 0) is 62.4 Å². The quantitative estimate of drug-likeness (QED) is 0.0363. The summed E-state index contributed by atoms with van der Waals surface area (Å²) in [6.07, 6.45) is 4.98. The van der Waals surface area contributed by atoms with Gasteiger partial charge in [0.1, 0.15) is 48.3 Å². The van der Waals surface area contributed by atoms with E-state index >= 15 is 0 Å². The molecule has 85 heavy (non-hydrogen) atoms. The molecule has 0 aliphatic heterocycles. The first-order valence-corrected chi connectivity index (χ1v) is 30.3. The summed E-state index contributed by atoms with van der Waals surface area (Å²) in [6.45, 7) is 11.7. The Balaban J connectivity index is 1.97. The molecule has 0 aliphatic rings. The van der Waals surface area contributed by atoms with E-state index in [1.54, 1.807) is 88.4 Å². The number of carboxylic acids is 1. The number of nitrogens with two attached hydrogens (primary N) is 4. The number of hydrogen-bond donors (Lipinski definition) is 13. The molecule has 3 rings (SSSR count). The number of carboxylic acid groups (broad SMARTS) is 1. The van der Waals surface area contributed by atoms with Crippen molar-refractivity contribution >= 4 is 53.2 Å². The number of carbonyl (C=O) groups is 9. The van der Waals surface area contributed by atoms with Crippen LogP contribution in [0.2, 0.25) is 0 Å². The zero-order valence-corrected chi connectivity index (χ0v) is 50.7. The number of carbonyl (C=O) groups excluding carboxylic acids is 8. The molecule has 0 unspecified atom stereocenters. The molecular weight excluding hydrogens is 1080 g/mol. The van der Waals surface area contributed by atoms with Gasteiger partial charge < -0.3 is 70.6 Å². The summed E-state index contributed by atoms with van der Waals surface area (Å²) in [6, 6.07) is 16.1. The Bertz CT molecular complexity index is 2530. The van der Waals surface area contributed by atoms with Crippen molar-refractivity contribution in [3.8, 4) is 0 Å². The summed E-state index contributed by atoms with van der Waals surface area (Å²) >= 11 is 0. The lowest BCUT2D eigenvalue weighted by atomic mass is 9.95. The number of benzene rings is 3. The molecule has 0 saturated heterocycles. The third kappa shape index (κ3) is 25.5. The molecule has 3 aromatic rings. The normalized spacial score (nSPS) is 15.5. The number of nitrogens with one attached hydrogen (secondary N) is 8. The lowest BCUT2D eigenvalue weighted by molar-refractivity contribution is -0.144. The Labute approximate surface area is 502 Å². The smallest absolute Gasteiger partial charge is 0.326 e. The maximum absolute atomic E-state index is 14.8. The fraction of sp³-hybridized carbons (Fsp3) is 0.571. The Morgan fingerprint density at radius 3 is 0.941 bits per heavy atom. The molecule has 0 radical (unpaired) electrons. The fourth-order valence-electron chi connectivity index (χ4n) is 9.54. The molecule has 0 aromatic heterocycles. The van der Waals surface area contributed by atoms with E-state index in [2.05, 4.69) is 42.5 Å². The molecule has 17 N–H and O–H groups in total. The molecule has 12 atom stereocenters. The first kappa shape index (κ1) is 72.0. The van der Waals surface area contributed by atoms with Crippen molar-refractivity contribution in [2.24, 2.45) is 40.7 Å². The number of rotatable bonds is 41. The lowest BCUT2D eigenvalue weighted by Crippen LogP contribution is -2.62. The first-order valence-electron chi connectivity index (χ1n) is 30.3. The van der Waals surface area contributed by atoms with Gasteiger partial charge in [-0.25, -0.2) is 4.79 Å². The molecule has 470 valence electrons. The number of amides is 8. The second kappa shape index (κ2) is 39.4. The van der Waals surface area contributed by atoms with E-state index in [0.717, 1.165) is 5.56 Å². The third-order valence-corrected chi connectivity index (χ3v) is 15.6. The van der Waals surface area contributed by atoms with Crippen LogP contribution in [0.3, 0.4) is 0 Å². The molecule has 22 heteroatoms. The molecule has 0 heterocycles. The van der Waals surface area contributed by atoms with Gasteiger partial charge in [0, 0.05) is 19.3 Å². The van der Waals surface area contributed by atoms with E-state index < -0.39 is 125 Å². The Kier molecular flexibility index (Phi) is 33.3. The van der Waals surface area contributed by atoms with Crippen LogP contribution < -0.4 is 65.5 Å². The van der Waals surface area contributed by atoms with Gasteiger partial charge in [-0.3, -0.25) is 38.4 Å². The predicted molar refractivity (Wildman–Crippen MR) is 329 cm³/mol. The van der Waals surface area contributed by atoms with Crippen molar-refractivity contribution in [3.05, 3.63) is 108 Å². The maximum Gasteiger partial charge on any atom is 0.326 e. The van der Waals surface area contributed by atoms with Gasteiger partial charge in [0.05, 0.1) is 6.04 Å². The zero-order chi connectivity index (χ0) is 62.8. The summed E-state index contributed by atoms with van der Waals surface area (Å²) in [5.74, 6) is -8.11. The van der Waals surface area contributed by atoms with Crippen LogP contribution in [0.1, 0.15) is 135 Å².